The normalized spacial score (nSPS) is 18.4. The van der Waals surface area contributed by atoms with Gasteiger partial charge in [0.15, 0.2) is 0 Å². The first kappa shape index (κ1) is 12.5. The zero-order valence-electron chi connectivity index (χ0n) is 10.1. The molecule has 2 rings (SSSR count). The minimum Gasteiger partial charge on any atom is -0.309 e. The molecule has 1 aromatic rings. The Balaban J connectivity index is 1.84. The zero-order chi connectivity index (χ0) is 11.9. The lowest BCUT2D eigenvalue weighted by molar-refractivity contribution is 0.473. The van der Waals surface area contributed by atoms with Crippen LogP contribution in [0.4, 0.5) is 0 Å². The highest BCUT2D eigenvalue weighted by Gasteiger charge is 2.18. The van der Waals surface area contributed by atoms with Gasteiger partial charge in [-0.3, -0.25) is 0 Å². The predicted molar refractivity (Wildman–Crippen MR) is 76.3 cm³/mol. The van der Waals surface area contributed by atoms with Gasteiger partial charge in [-0.2, -0.15) is 0 Å². The summed E-state index contributed by atoms with van der Waals surface area (Å²) < 4.78 is 0. The van der Waals surface area contributed by atoms with Crippen LogP contribution in [0, 0.1) is 12.3 Å². The third-order valence-corrected chi connectivity index (χ3v) is 4.06. The molecule has 1 nitrogen and oxygen atoms in total. The summed E-state index contributed by atoms with van der Waals surface area (Å²) in [7, 11) is 0. The number of hydrogen-bond acceptors (Lipinski definition) is 2. The van der Waals surface area contributed by atoms with Crippen LogP contribution in [0.5, 0.6) is 0 Å². The molecule has 17 heavy (non-hydrogen) atoms. The van der Waals surface area contributed by atoms with Crippen LogP contribution < -0.4 is 5.32 Å². The van der Waals surface area contributed by atoms with Gasteiger partial charge in [-0.15, -0.1) is 18.2 Å². The molecule has 0 saturated heterocycles. The summed E-state index contributed by atoms with van der Waals surface area (Å²) in [6.45, 7) is 1.05. The quantitative estimate of drug-likeness (QED) is 0.632. The Kier molecular flexibility index (Phi) is 4.97. The smallest absolute Gasteiger partial charge is 0.0545 e. The lowest BCUT2D eigenvalue weighted by atomic mass is 9.88. The Hall–Kier alpha value is -0.910. The Morgan fingerprint density at radius 2 is 2.29 bits per heavy atom. The van der Waals surface area contributed by atoms with Gasteiger partial charge in [-0.1, -0.05) is 30.2 Å². The molecule has 1 N–H and O–H groups in total. The van der Waals surface area contributed by atoms with E-state index in [1.165, 1.54) is 30.4 Å². The maximum Gasteiger partial charge on any atom is 0.0545 e. The van der Waals surface area contributed by atoms with E-state index in [2.05, 4.69) is 35.5 Å². The molecule has 1 aromatic carbocycles. The van der Waals surface area contributed by atoms with E-state index < -0.39 is 0 Å². The Labute approximate surface area is 108 Å². The maximum atomic E-state index is 5.23. The fraction of sp³-hybridized carbons (Fsp3) is 0.467. The molecule has 0 saturated carbocycles. The van der Waals surface area contributed by atoms with Crippen molar-refractivity contribution in [3.8, 4) is 12.3 Å². The summed E-state index contributed by atoms with van der Waals surface area (Å²) >= 11 is 1.82. The lowest BCUT2D eigenvalue weighted by Crippen LogP contribution is -2.27. The fourth-order valence-corrected chi connectivity index (χ4v) is 2.93. The molecule has 1 aliphatic carbocycles. The lowest BCUT2D eigenvalue weighted by Gasteiger charge is -2.26. The summed E-state index contributed by atoms with van der Waals surface area (Å²) in [5, 5.41) is 3.65. The van der Waals surface area contributed by atoms with Crippen LogP contribution in [0.3, 0.4) is 0 Å². The Morgan fingerprint density at radius 3 is 3.18 bits per heavy atom. The number of nitrogens with one attached hydrogen (secondary N) is 1. The Morgan fingerprint density at radius 1 is 1.41 bits per heavy atom. The average Bonchev–Trinajstić information content (AvgIpc) is 2.39. The van der Waals surface area contributed by atoms with Gasteiger partial charge in [0.05, 0.1) is 5.75 Å². The molecule has 0 fully saturated rings. The van der Waals surface area contributed by atoms with Gasteiger partial charge in [0.2, 0.25) is 0 Å². The summed E-state index contributed by atoms with van der Waals surface area (Å²) in [6.07, 6.45) is 9.02. The zero-order valence-corrected chi connectivity index (χ0v) is 10.9. The number of fused-ring (bicyclic) bond motifs is 1. The molecule has 0 amide bonds. The maximum absolute atomic E-state index is 5.23. The molecule has 2 heteroatoms. The molecular formula is C15H19NS. The van der Waals surface area contributed by atoms with Gasteiger partial charge >= 0.3 is 0 Å². The van der Waals surface area contributed by atoms with Crippen LogP contribution in [0.25, 0.3) is 0 Å². The number of hydrogen-bond donors (Lipinski definition) is 1. The number of rotatable bonds is 5. The van der Waals surface area contributed by atoms with Crippen molar-refractivity contribution in [2.75, 3.05) is 18.1 Å². The summed E-state index contributed by atoms with van der Waals surface area (Å²) in [5.74, 6) is 4.58. The minimum absolute atomic E-state index is 0.548. The van der Waals surface area contributed by atoms with E-state index >= 15 is 0 Å². The second-order valence-electron chi connectivity index (χ2n) is 4.35. The van der Waals surface area contributed by atoms with Crippen molar-refractivity contribution in [3.05, 3.63) is 35.4 Å². The monoisotopic (exact) mass is 245 g/mol. The van der Waals surface area contributed by atoms with Crippen LogP contribution in [-0.2, 0) is 6.42 Å². The molecule has 90 valence electrons. The molecule has 0 radical (unpaired) electrons. The van der Waals surface area contributed by atoms with Crippen molar-refractivity contribution in [1.29, 1.82) is 0 Å². The minimum atomic E-state index is 0.548. The molecule has 0 heterocycles. The van der Waals surface area contributed by atoms with Crippen LogP contribution in [0.1, 0.15) is 30.0 Å². The number of benzene rings is 1. The van der Waals surface area contributed by atoms with Crippen molar-refractivity contribution in [2.24, 2.45) is 0 Å². The third-order valence-electron chi connectivity index (χ3n) is 3.19. The van der Waals surface area contributed by atoms with Crippen LogP contribution >= 0.6 is 11.8 Å². The first-order chi connectivity index (χ1) is 8.42. The van der Waals surface area contributed by atoms with E-state index in [1.807, 2.05) is 11.8 Å². The molecule has 1 aliphatic rings. The van der Waals surface area contributed by atoms with Crippen LogP contribution in [-0.4, -0.2) is 18.1 Å². The van der Waals surface area contributed by atoms with Crippen molar-refractivity contribution in [3.63, 3.8) is 0 Å². The SMILES string of the molecule is C#CCSCCNC1CCCc2ccccc21. The molecule has 0 bridgehead atoms. The molecule has 0 spiro atoms. The first-order valence-electron chi connectivity index (χ1n) is 6.24. The van der Waals surface area contributed by atoms with Crippen molar-refractivity contribution < 1.29 is 0 Å². The van der Waals surface area contributed by atoms with Gasteiger partial charge in [-0.25, -0.2) is 0 Å². The van der Waals surface area contributed by atoms with Crippen molar-refractivity contribution in [1.82, 2.24) is 5.32 Å². The van der Waals surface area contributed by atoms with E-state index in [1.54, 1.807) is 0 Å². The largest absolute Gasteiger partial charge is 0.309 e. The number of terminal acetylenes is 1. The van der Waals surface area contributed by atoms with E-state index in [9.17, 15) is 0 Å². The van der Waals surface area contributed by atoms with Gasteiger partial charge in [0.1, 0.15) is 0 Å². The van der Waals surface area contributed by atoms with Gasteiger partial charge in [-0.05, 0) is 30.4 Å². The van der Waals surface area contributed by atoms with Gasteiger partial charge in [0.25, 0.3) is 0 Å². The molecule has 1 unspecified atom stereocenters. The van der Waals surface area contributed by atoms with Crippen molar-refractivity contribution >= 4 is 11.8 Å². The third kappa shape index (κ3) is 3.52. The molecule has 0 aromatic heterocycles. The molecular weight excluding hydrogens is 226 g/mol. The summed E-state index contributed by atoms with van der Waals surface area (Å²) in [6, 6.07) is 9.36. The number of thioether (sulfide) groups is 1. The van der Waals surface area contributed by atoms with Crippen LogP contribution in [0.2, 0.25) is 0 Å². The van der Waals surface area contributed by atoms with Gasteiger partial charge in [0, 0.05) is 18.3 Å². The average molecular weight is 245 g/mol. The number of aryl methyl sites for hydroxylation is 1. The first-order valence-corrected chi connectivity index (χ1v) is 7.39. The summed E-state index contributed by atoms with van der Waals surface area (Å²) in [5.41, 5.74) is 3.02. The Bertz CT molecular complexity index is 394. The van der Waals surface area contributed by atoms with E-state index in [-0.39, 0.29) is 0 Å². The standard InChI is InChI=1S/C15H19NS/c1-2-11-17-12-10-16-15-9-5-7-13-6-3-4-8-14(13)15/h1,3-4,6,8,15-16H,5,7,9-12H2. The predicted octanol–water partition coefficient (Wildman–Crippen LogP) is 3.02. The van der Waals surface area contributed by atoms with E-state index in [0.29, 0.717) is 6.04 Å². The molecule has 1 atom stereocenters. The topological polar surface area (TPSA) is 12.0 Å². The van der Waals surface area contributed by atoms with Gasteiger partial charge < -0.3 is 5.32 Å². The highest BCUT2D eigenvalue weighted by Crippen LogP contribution is 2.29. The second kappa shape index (κ2) is 6.74. The molecule has 0 aliphatic heterocycles. The summed E-state index contributed by atoms with van der Waals surface area (Å²) in [4.78, 5) is 0. The second-order valence-corrected chi connectivity index (χ2v) is 5.46. The van der Waals surface area contributed by atoms with Crippen molar-refractivity contribution in [2.45, 2.75) is 25.3 Å². The highest BCUT2D eigenvalue weighted by molar-refractivity contribution is 7.99. The van der Waals surface area contributed by atoms with E-state index in [0.717, 1.165) is 18.1 Å². The van der Waals surface area contributed by atoms with E-state index in [4.69, 9.17) is 6.42 Å². The fourth-order valence-electron chi connectivity index (χ4n) is 2.40. The van der Waals surface area contributed by atoms with Crippen LogP contribution in [0.15, 0.2) is 24.3 Å². The highest BCUT2D eigenvalue weighted by atomic mass is 32.2.